The predicted molar refractivity (Wildman–Crippen MR) is 72.1 cm³/mol. The van der Waals surface area contributed by atoms with E-state index in [1.807, 2.05) is 20.8 Å². The molecule has 0 spiro atoms. The molecule has 0 amide bonds. The lowest BCUT2D eigenvalue weighted by molar-refractivity contribution is -0.0268. The molecule has 1 aliphatic rings. The number of aliphatic hydroxyl groups is 3. The van der Waals surface area contributed by atoms with E-state index in [2.05, 4.69) is 5.73 Å². The van der Waals surface area contributed by atoms with Gasteiger partial charge >= 0.3 is 0 Å². The van der Waals surface area contributed by atoms with Gasteiger partial charge in [-0.15, -0.1) is 5.73 Å². The van der Waals surface area contributed by atoms with E-state index in [0.29, 0.717) is 12.8 Å². The highest BCUT2D eigenvalue weighted by molar-refractivity contribution is 5.29. The molecule has 3 nitrogen and oxygen atoms in total. The molecule has 1 saturated carbocycles. The molecule has 3 N–H and O–H groups in total. The Labute approximate surface area is 109 Å². The maximum atomic E-state index is 10.4. The molecule has 1 fully saturated rings. The first-order chi connectivity index (χ1) is 8.19. The summed E-state index contributed by atoms with van der Waals surface area (Å²) >= 11 is 0. The highest BCUT2D eigenvalue weighted by Gasteiger charge is 2.44. The van der Waals surface area contributed by atoms with Gasteiger partial charge in [0.05, 0.1) is 18.3 Å². The van der Waals surface area contributed by atoms with Crippen LogP contribution >= 0.6 is 0 Å². The number of rotatable bonds is 2. The van der Waals surface area contributed by atoms with Crippen molar-refractivity contribution < 1.29 is 15.3 Å². The first kappa shape index (κ1) is 15.2. The van der Waals surface area contributed by atoms with Gasteiger partial charge in [-0.3, -0.25) is 0 Å². The fourth-order valence-electron chi connectivity index (χ4n) is 2.79. The summed E-state index contributed by atoms with van der Waals surface area (Å²) in [7, 11) is 0. The molecular formula is C15H24O3. The lowest BCUT2D eigenvalue weighted by Gasteiger charge is -2.43. The second kappa shape index (κ2) is 5.41. The molecule has 0 bridgehead atoms. The molecule has 0 radical (unpaired) electrons. The van der Waals surface area contributed by atoms with Crippen molar-refractivity contribution in [1.82, 2.24) is 0 Å². The van der Waals surface area contributed by atoms with Crippen LogP contribution in [0.3, 0.4) is 0 Å². The Morgan fingerprint density at radius 3 is 2.50 bits per heavy atom. The molecular weight excluding hydrogens is 228 g/mol. The van der Waals surface area contributed by atoms with Crippen LogP contribution in [-0.4, -0.2) is 33.6 Å². The van der Waals surface area contributed by atoms with Crippen LogP contribution in [0.1, 0.15) is 40.5 Å². The van der Waals surface area contributed by atoms with Crippen LogP contribution in [0.2, 0.25) is 0 Å². The minimum absolute atomic E-state index is 0.00214. The average Bonchev–Trinajstić information content (AvgIpc) is 2.12. The molecule has 1 rings (SSSR count). The fraction of sp³-hybridized carbons (Fsp3) is 0.667. The van der Waals surface area contributed by atoms with Crippen LogP contribution in [0.25, 0.3) is 0 Å². The van der Waals surface area contributed by atoms with Crippen molar-refractivity contribution in [2.75, 3.05) is 6.61 Å². The van der Waals surface area contributed by atoms with E-state index in [1.54, 1.807) is 19.1 Å². The van der Waals surface area contributed by atoms with Gasteiger partial charge in [-0.1, -0.05) is 19.9 Å². The van der Waals surface area contributed by atoms with E-state index in [0.717, 1.165) is 11.1 Å². The topological polar surface area (TPSA) is 60.7 Å². The molecule has 0 aromatic heterocycles. The third kappa shape index (κ3) is 3.56. The normalized spacial score (nSPS) is 32.1. The molecule has 3 heteroatoms. The molecule has 1 aliphatic carbocycles. The first-order valence-corrected chi connectivity index (χ1v) is 6.35. The summed E-state index contributed by atoms with van der Waals surface area (Å²) in [5.74, 6) is 0. The summed E-state index contributed by atoms with van der Waals surface area (Å²) < 4.78 is 0. The van der Waals surface area contributed by atoms with Crippen molar-refractivity contribution in [3.63, 3.8) is 0 Å². The molecule has 0 aromatic carbocycles. The number of allylic oxidation sites excluding steroid dienone is 1. The maximum absolute atomic E-state index is 10.4. The van der Waals surface area contributed by atoms with E-state index in [-0.39, 0.29) is 12.0 Å². The predicted octanol–water partition coefficient (Wildman–Crippen LogP) is 1.94. The van der Waals surface area contributed by atoms with Crippen LogP contribution in [0.15, 0.2) is 29.0 Å². The zero-order valence-electron chi connectivity index (χ0n) is 11.7. The monoisotopic (exact) mass is 252 g/mol. The van der Waals surface area contributed by atoms with Crippen LogP contribution in [0.4, 0.5) is 0 Å². The Balaban J connectivity index is 3.18. The lowest BCUT2D eigenvalue weighted by Crippen LogP contribution is -2.45. The van der Waals surface area contributed by atoms with Crippen molar-refractivity contribution in [1.29, 1.82) is 0 Å². The summed E-state index contributed by atoms with van der Waals surface area (Å²) in [6, 6.07) is 0. The van der Waals surface area contributed by atoms with Crippen molar-refractivity contribution >= 4 is 0 Å². The van der Waals surface area contributed by atoms with Crippen LogP contribution in [0.5, 0.6) is 0 Å². The largest absolute Gasteiger partial charge is 0.393 e. The second-order valence-electron chi connectivity index (χ2n) is 6.01. The molecule has 2 atom stereocenters. The van der Waals surface area contributed by atoms with Gasteiger partial charge in [0.1, 0.15) is 0 Å². The zero-order valence-corrected chi connectivity index (χ0v) is 11.7. The van der Waals surface area contributed by atoms with Gasteiger partial charge < -0.3 is 15.3 Å². The van der Waals surface area contributed by atoms with Gasteiger partial charge in [0.2, 0.25) is 0 Å². The summed E-state index contributed by atoms with van der Waals surface area (Å²) in [5, 5.41) is 29.0. The minimum Gasteiger partial charge on any atom is -0.393 e. The Kier molecular flexibility index (Phi) is 4.57. The van der Waals surface area contributed by atoms with Gasteiger partial charge in [-0.25, -0.2) is 0 Å². The van der Waals surface area contributed by atoms with Crippen molar-refractivity contribution in [3.8, 4) is 0 Å². The van der Waals surface area contributed by atoms with Gasteiger partial charge in [0.25, 0.3) is 0 Å². The number of hydrogen-bond donors (Lipinski definition) is 3. The summed E-state index contributed by atoms with van der Waals surface area (Å²) in [5.41, 5.74) is 3.56. The highest BCUT2D eigenvalue weighted by Crippen LogP contribution is 2.45. The maximum Gasteiger partial charge on any atom is 0.0931 e. The molecule has 102 valence electrons. The summed E-state index contributed by atoms with van der Waals surface area (Å²) in [4.78, 5) is 0. The summed E-state index contributed by atoms with van der Waals surface area (Å²) in [6.45, 7) is 7.61. The minimum atomic E-state index is -1.03. The number of aliphatic hydroxyl groups excluding tert-OH is 2. The molecule has 0 unspecified atom stereocenters. The highest BCUT2D eigenvalue weighted by atomic mass is 16.3. The zero-order chi connectivity index (χ0) is 14.0. The van der Waals surface area contributed by atoms with Crippen molar-refractivity contribution in [3.05, 3.63) is 29.0 Å². The summed E-state index contributed by atoms with van der Waals surface area (Å²) in [6.07, 6.45) is 3.96. The molecule has 0 heterocycles. The number of hydrogen-bond acceptors (Lipinski definition) is 3. The Hall–Kier alpha value is -0.860. The Bertz CT molecular complexity index is 376. The SMILES string of the molecule is C/C(C=C=C1C(C)(C)C[C@H](O)C[C@]1(C)O)=C/CO. The molecule has 0 aromatic rings. The third-order valence-corrected chi connectivity index (χ3v) is 3.45. The van der Waals surface area contributed by atoms with Crippen LogP contribution in [0, 0.1) is 5.41 Å². The Morgan fingerprint density at radius 2 is 2.00 bits per heavy atom. The van der Waals surface area contributed by atoms with Gasteiger partial charge in [0.15, 0.2) is 0 Å². The smallest absolute Gasteiger partial charge is 0.0931 e. The van der Waals surface area contributed by atoms with E-state index in [9.17, 15) is 10.2 Å². The first-order valence-electron chi connectivity index (χ1n) is 6.35. The van der Waals surface area contributed by atoms with Crippen molar-refractivity contribution in [2.24, 2.45) is 5.41 Å². The standard InChI is InChI=1S/C15H24O3/c1-11(7-8-16)5-6-13-14(2,3)9-12(17)10-15(13,4)18/h5,7,12,16-18H,8-10H2,1-4H3/b11-7-/t6?,12-,15-/m0/s1. The molecule has 0 saturated heterocycles. The lowest BCUT2D eigenvalue weighted by atomic mass is 9.65. The van der Waals surface area contributed by atoms with Crippen molar-refractivity contribution in [2.45, 2.75) is 52.2 Å². The van der Waals surface area contributed by atoms with E-state index < -0.39 is 11.7 Å². The average molecular weight is 252 g/mol. The van der Waals surface area contributed by atoms with E-state index >= 15 is 0 Å². The van der Waals surface area contributed by atoms with Gasteiger partial charge in [-0.05, 0) is 37.3 Å². The van der Waals surface area contributed by atoms with E-state index in [4.69, 9.17) is 5.11 Å². The van der Waals surface area contributed by atoms with Crippen LogP contribution in [-0.2, 0) is 0 Å². The molecule has 0 aliphatic heterocycles. The van der Waals surface area contributed by atoms with E-state index in [1.165, 1.54) is 0 Å². The fourth-order valence-corrected chi connectivity index (χ4v) is 2.79. The van der Waals surface area contributed by atoms with Crippen LogP contribution < -0.4 is 0 Å². The van der Waals surface area contributed by atoms with Gasteiger partial charge in [0, 0.05) is 12.0 Å². The quantitative estimate of drug-likeness (QED) is 0.520. The third-order valence-electron chi connectivity index (χ3n) is 3.45. The second-order valence-corrected chi connectivity index (χ2v) is 6.01. The molecule has 18 heavy (non-hydrogen) atoms. The Morgan fingerprint density at radius 1 is 1.39 bits per heavy atom. The van der Waals surface area contributed by atoms with Gasteiger partial charge in [-0.2, -0.15) is 0 Å².